The number of hydrogen-bond donors (Lipinski definition) is 4. The van der Waals surface area contributed by atoms with Gasteiger partial charge in [-0.2, -0.15) is 16.8 Å². The Balaban J connectivity index is 3.27. The monoisotopic (exact) mass is 352 g/mol. The number of fused-ring (bicyclic) bond motifs is 1. The zero-order chi connectivity index (χ0) is 15.3. The molecule has 10 heteroatoms. The molecule has 0 bridgehead atoms. The molecule has 0 heterocycles. The standard InChI is InChI=1S/C10H8O6S4/c11-19(12,13)9-6-4-2-1-3-5(6)7(17)8(18)10(9)20(14,15)16/h1-4,17-18H,(H,11,12,13)(H,14,15,16). The van der Waals surface area contributed by atoms with Crippen molar-refractivity contribution in [3.05, 3.63) is 24.3 Å². The van der Waals surface area contributed by atoms with E-state index in [0.717, 1.165) is 0 Å². The Bertz CT molecular complexity index is 914. The molecule has 6 nitrogen and oxygen atoms in total. The molecule has 0 amide bonds. The van der Waals surface area contributed by atoms with Crippen molar-refractivity contribution in [2.24, 2.45) is 0 Å². The summed E-state index contributed by atoms with van der Waals surface area (Å²) in [6.45, 7) is 0. The minimum atomic E-state index is -4.93. The van der Waals surface area contributed by atoms with Crippen molar-refractivity contribution in [3.63, 3.8) is 0 Å². The van der Waals surface area contributed by atoms with Crippen molar-refractivity contribution in [2.45, 2.75) is 19.6 Å². The van der Waals surface area contributed by atoms with Gasteiger partial charge in [-0.3, -0.25) is 9.11 Å². The van der Waals surface area contributed by atoms with Gasteiger partial charge >= 0.3 is 0 Å². The van der Waals surface area contributed by atoms with E-state index < -0.39 is 30.0 Å². The molecule has 2 rings (SSSR count). The molecule has 0 aromatic heterocycles. The lowest BCUT2D eigenvalue weighted by molar-refractivity contribution is 0.464. The second-order valence-electron chi connectivity index (χ2n) is 3.85. The highest BCUT2D eigenvalue weighted by Gasteiger charge is 2.30. The van der Waals surface area contributed by atoms with Crippen LogP contribution in [-0.4, -0.2) is 25.9 Å². The summed E-state index contributed by atoms with van der Waals surface area (Å²) in [4.78, 5) is -2.20. The van der Waals surface area contributed by atoms with E-state index in [-0.39, 0.29) is 20.6 Å². The van der Waals surface area contributed by atoms with E-state index in [2.05, 4.69) is 25.3 Å². The third-order valence-corrected chi connectivity index (χ3v) is 5.82. The number of thiol groups is 2. The molecule has 2 N–H and O–H groups in total. The molecule has 0 saturated heterocycles. The first-order chi connectivity index (χ1) is 9.05. The minimum Gasteiger partial charge on any atom is -0.282 e. The lowest BCUT2D eigenvalue weighted by Gasteiger charge is -2.13. The first-order valence-corrected chi connectivity index (χ1v) is 8.74. The van der Waals surface area contributed by atoms with Gasteiger partial charge in [0.2, 0.25) is 0 Å². The van der Waals surface area contributed by atoms with Crippen LogP contribution in [0.1, 0.15) is 0 Å². The normalized spacial score (nSPS) is 12.8. The highest BCUT2D eigenvalue weighted by Crippen LogP contribution is 2.39. The van der Waals surface area contributed by atoms with Gasteiger partial charge in [0.1, 0.15) is 9.79 Å². The molecule has 0 aliphatic heterocycles. The Kier molecular flexibility index (Phi) is 3.82. The van der Waals surface area contributed by atoms with Crippen LogP contribution in [0, 0.1) is 0 Å². The van der Waals surface area contributed by atoms with Crippen molar-refractivity contribution < 1.29 is 25.9 Å². The lowest BCUT2D eigenvalue weighted by atomic mass is 10.1. The summed E-state index contributed by atoms with van der Waals surface area (Å²) in [7, 11) is -9.83. The molecule has 0 radical (unpaired) electrons. The summed E-state index contributed by atoms with van der Waals surface area (Å²) in [5, 5.41) is 0.200. The molecule has 0 atom stereocenters. The maximum atomic E-state index is 11.5. The molecular weight excluding hydrogens is 344 g/mol. The average Bonchev–Trinajstić information content (AvgIpc) is 2.30. The van der Waals surface area contributed by atoms with E-state index in [1.54, 1.807) is 6.07 Å². The van der Waals surface area contributed by atoms with Gasteiger partial charge < -0.3 is 0 Å². The van der Waals surface area contributed by atoms with E-state index >= 15 is 0 Å². The van der Waals surface area contributed by atoms with Crippen LogP contribution >= 0.6 is 25.3 Å². The van der Waals surface area contributed by atoms with E-state index in [0.29, 0.717) is 0 Å². The van der Waals surface area contributed by atoms with Crippen molar-refractivity contribution in [2.75, 3.05) is 0 Å². The molecule has 0 saturated carbocycles. The van der Waals surface area contributed by atoms with Crippen molar-refractivity contribution >= 4 is 56.3 Å². The lowest BCUT2D eigenvalue weighted by Crippen LogP contribution is -2.11. The van der Waals surface area contributed by atoms with Gasteiger partial charge in [0.25, 0.3) is 20.2 Å². The Morgan fingerprint density at radius 3 is 1.65 bits per heavy atom. The summed E-state index contributed by atoms with van der Waals surface area (Å²) in [6.07, 6.45) is 0. The molecule has 0 fully saturated rings. The van der Waals surface area contributed by atoms with Gasteiger partial charge in [0, 0.05) is 15.2 Å². The van der Waals surface area contributed by atoms with Gasteiger partial charge in [0.05, 0.1) is 0 Å². The molecule has 20 heavy (non-hydrogen) atoms. The molecule has 2 aromatic carbocycles. The fourth-order valence-electron chi connectivity index (χ4n) is 1.85. The van der Waals surface area contributed by atoms with E-state index in [1.165, 1.54) is 18.2 Å². The Hall–Kier alpha value is -0.780. The Morgan fingerprint density at radius 1 is 0.750 bits per heavy atom. The van der Waals surface area contributed by atoms with Gasteiger partial charge in [-0.15, -0.1) is 25.3 Å². The molecule has 0 spiro atoms. The van der Waals surface area contributed by atoms with Crippen molar-refractivity contribution in [1.82, 2.24) is 0 Å². The first kappa shape index (κ1) is 15.6. The van der Waals surface area contributed by atoms with Gasteiger partial charge in [0.15, 0.2) is 0 Å². The van der Waals surface area contributed by atoms with Crippen LogP contribution in [0.2, 0.25) is 0 Å². The molecule has 0 unspecified atom stereocenters. The first-order valence-electron chi connectivity index (χ1n) is 4.96. The summed E-state index contributed by atoms with van der Waals surface area (Å²) in [5.41, 5.74) is 0. The van der Waals surface area contributed by atoms with Gasteiger partial charge in [-0.1, -0.05) is 24.3 Å². The molecule has 0 aliphatic rings. The van der Waals surface area contributed by atoms with E-state index in [9.17, 15) is 25.9 Å². The molecule has 108 valence electrons. The van der Waals surface area contributed by atoms with E-state index in [1.807, 2.05) is 0 Å². The van der Waals surface area contributed by atoms with Crippen LogP contribution in [0.4, 0.5) is 0 Å². The zero-order valence-corrected chi connectivity index (χ0v) is 13.0. The molecular formula is C10H8O6S4. The van der Waals surface area contributed by atoms with Crippen LogP contribution in [0.3, 0.4) is 0 Å². The van der Waals surface area contributed by atoms with Gasteiger partial charge in [-0.05, 0) is 5.39 Å². The third kappa shape index (κ3) is 2.54. The van der Waals surface area contributed by atoms with Crippen LogP contribution in [0.15, 0.2) is 43.8 Å². The van der Waals surface area contributed by atoms with Crippen LogP contribution in [-0.2, 0) is 20.2 Å². The minimum absolute atomic E-state index is 0.0731. The second kappa shape index (κ2) is 4.90. The maximum absolute atomic E-state index is 11.5. The average molecular weight is 352 g/mol. The predicted octanol–water partition coefficient (Wildman–Crippen LogP) is 1.91. The molecule has 0 aliphatic carbocycles. The quantitative estimate of drug-likeness (QED) is 0.486. The SMILES string of the molecule is O=S(=O)(O)c1c(S)c(S)c2ccccc2c1S(=O)(=O)O. The molecule has 2 aromatic rings. The summed E-state index contributed by atoms with van der Waals surface area (Å²) in [5.74, 6) is 0. The highest BCUT2D eigenvalue weighted by atomic mass is 32.2. The second-order valence-corrected chi connectivity index (χ2v) is 7.46. The van der Waals surface area contributed by atoms with Crippen LogP contribution in [0.5, 0.6) is 0 Å². The smallest absolute Gasteiger partial charge is 0.282 e. The fraction of sp³-hybridized carbons (Fsp3) is 0. The zero-order valence-electron chi connectivity index (χ0n) is 9.55. The third-order valence-electron chi connectivity index (χ3n) is 2.59. The van der Waals surface area contributed by atoms with E-state index in [4.69, 9.17) is 0 Å². The fourth-order valence-corrected chi connectivity index (χ4v) is 5.00. The van der Waals surface area contributed by atoms with Crippen LogP contribution < -0.4 is 0 Å². The predicted molar refractivity (Wildman–Crippen MR) is 78.1 cm³/mol. The summed E-state index contributed by atoms with van der Waals surface area (Å²) < 4.78 is 64.3. The Labute approximate surface area is 126 Å². The number of benzene rings is 2. The maximum Gasteiger partial charge on any atom is 0.297 e. The number of hydrogen-bond acceptors (Lipinski definition) is 6. The van der Waals surface area contributed by atoms with Crippen molar-refractivity contribution in [3.8, 4) is 0 Å². The summed E-state index contributed by atoms with van der Waals surface area (Å²) in [6, 6.07) is 5.81. The van der Waals surface area contributed by atoms with Crippen molar-refractivity contribution in [1.29, 1.82) is 0 Å². The van der Waals surface area contributed by atoms with Gasteiger partial charge in [-0.25, -0.2) is 0 Å². The number of rotatable bonds is 2. The Morgan fingerprint density at radius 2 is 1.20 bits per heavy atom. The largest absolute Gasteiger partial charge is 0.297 e. The highest BCUT2D eigenvalue weighted by molar-refractivity contribution is 7.90. The van der Waals surface area contributed by atoms with Crippen LogP contribution in [0.25, 0.3) is 10.8 Å². The summed E-state index contributed by atoms with van der Waals surface area (Å²) >= 11 is 7.97. The topological polar surface area (TPSA) is 109 Å².